The quantitative estimate of drug-likeness (QED) is 0.473. The topological polar surface area (TPSA) is 56.0 Å². The zero-order valence-corrected chi connectivity index (χ0v) is 7.29. The van der Waals surface area contributed by atoms with E-state index in [0.29, 0.717) is 0 Å². The summed E-state index contributed by atoms with van der Waals surface area (Å²) < 4.78 is 0. The third kappa shape index (κ3) is 1.42. The van der Waals surface area contributed by atoms with Crippen LogP contribution in [-0.2, 0) is 0 Å². The number of pyridine rings is 1. The SMILES string of the molecule is Cc1cc([N+](=O)[O-])nc(C)c1C. The second-order valence-corrected chi connectivity index (χ2v) is 2.76. The molecule has 4 nitrogen and oxygen atoms in total. The van der Waals surface area contributed by atoms with E-state index < -0.39 is 4.92 Å². The summed E-state index contributed by atoms with van der Waals surface area (Å²) >= 11 is 0. The number of nitrogens with zero attached hydrogens (tertiary/aromatic N) is 2. The Bertz CT molecular complexity index is 311. The van der Waals surface area contributed by atoms with Gasteiger partial charge in [0.15, 0.2) is 5.69 Å². The third-order valence-corrected chi connectivity index (χ3v) is 1.95. The van der Waals surface area contributed by atoms with Crippen LogP contribution in [0.2, 0.25) is 0 Å². The summed E-state index contributed by atoms with van der Waals surface area (Å²) in [6.45, 7) is 5.52. The van der Waals surface area contributed by atoms with Crippen molar-refractivity contribution in [2.24, 2.45) is 0 Å². The summed E-state index contributed by atoms with van der Waals surface area (Å²) in [6.07, 6.45) is 0. The van der Waals surface area contributed by atoms with Gasteiger partial charge in [0.1, 0.15) is 0 Å². The molecule has 0 aliphatic carbocycles. The van der Waals surface area contributed by atoms with E-state index in [1.165, 1.54) is 6.07 Å². The highest BCUT2D eigenvalue weighted by atomic mass is 16.6. The van der Waals surface area contributed by atoms with Gasteiger partial charge in [0, 0.05) is 13.0 Å². The van der Waals surface area contributed by atoms with Crippen molar-refractivity contribution in [3.8, 4) is 0 Å². The van der Waals surface area contributed by atoms with Crippen molar-refractivity contribution >= 4 is 5.82 Å². The Labute approximate surface area is 70.4 Å². The van der Waals surface area contributed by atoms with Crippen molar-refractivity contribution in [2.75, 3.05) is 0 Å². The van der Waals surface area contributed by atoms with E-state index in [9.17, 15) is 10.1 Å². The number of hydrogen-bond acceptors (Lipinski definition) is 3. The monoisotopic (exact) mass is 166 g/mol. The first-order valence-electron chi connectivity index (χ1n) is 3.61. The van der Waals surface area contributed by atoms with Crippen molar-refractivity contribution in [3.05, 3.63) is 33.0 Å². The van der Waals surface area contributed by atoms with Crippen LogP contribution in [0.15, 0.2) is 6.07 Å². The second-order valence-electron chi connectivity index (χ2n) is 2.76. The molecule has 0 aliphatic rings. The first-order valence-corrected chi connectivity index (χ1v) is 3.61. The fourth-order valence-electron chi connectivity index (χ4n) is 0.969. The van der Waals surface area contributed by atoms with Crippen LogP contribution in [-0.4, -0.2) is 9.91 Å². The second kappa shape index (κ2) is 2.89. The molecular weight excluding hydrogens is 156 g/mol. The summed E-state index contributed by atoms with van der Waals surface area (Å²) in [6, 6.07) is 1.49. The highest BCUT2D eigenvalue weighted by molar-refractivity contribution is 5.35. The maximum atomic E-state index is 10.4. The van der Waals surface area contributed by atoms with Crippen molar-refractivity contribution in [2.45, 2.75) is 20.8 Å². The van der Waals surface area contributed by atoms with Gasteiger partial charge in [-0.2, -0.15) is 0 Å². The predicted molar refractivity (Wildman–Crippen MR) is 45.1 cm³/mol. The van der Waals surface area contributed by atoms with Gasteiger partial charge in [-0.1, -0.05) is 0 Å². The zero-order chi connectivity index (χ0) is 9.30. The molecule has 1 aromatic rings. The number of aryl methyl sites for hydroxylation is 2. The standard InChI is InChI=1S/C8H10N2O2/c1-5-4-8(10(11)12)9-7(3)6(5)2/h4H,1-3H3. The summed E-state index contributed by atoms with van der Waals surface area (Å²) in [5.74, 6) is -0.0735. The maximum absolute atomic E-state index is 10.4. The molecular formula is C8H10N2O2. The van der Waals surface area contributed by atoms with Crippen LogP contribution >= 0.6 is 0 Å². The number of rotatable bonds is 1. The van der Waals surface area contributed by atoms with Gasteiger partial charge < -0.3 is 10.1 Å². The van der Waals surface area contributed by atoms with Gasteiger partial charge in [-0.15, -0.1) is 0 Å². The van der Waals surface area contributed by atoms with Gasteiger partial charge in [-0.05, 0) is 34.9 Å². The Morgan fingerprint density at radius 2 is 2.00 bits per heavy atom. The minimum Gasteiger partial charge on any atom is -0.358 e. The molecule has 0 amide bonds. The molecule has 1 rings (SSSR count). The molecule has 0 N–H and O–H groups in total. The summed E-state index contributed by atoms with van der Waals surface area (Å²) in [4.78, 5) is 13.7. The fourth-order valence-corrected chi connectivity index (χ4v) is 0.969. The predicted octanol–water partition coefficient (Wildman–Crippen LogP) is 1.92. The van der Waals surface area contributed by atoms with Crippen LogP contribution in [0.1, 0.15) is 16.8 Å². The van der Waals surface area contributed by atoms with Gasteiger partial charge >= 0.3 is 5.82 Å². The number of aromatic nitrogens is 1. The Balaban J connectivity index is 3.31. The molecule has 64 valence electrons. The van der Waals surface area contributed by atoms with Gasteiger partial charge in [-0.25, -0.2) is 0 Å². The van der Waals surface area contributed by atoms with Crippen LogP contribution in [0.5, 0.6) is 0 Å². The van der Waals surface area contributed by atoms with E-state index in [4.69, 9.17) is 0 Å². The van der Waals surface area contributed by atoms with Gasteiger partial charge in [0.2, 0.25) is 0 Å². The Kier molecular flexibility index (Phi) is 2.08. The molecule has 0 bridgehead atoms. The fraction of sp³-hybridized carbons (Fsp3) is 0.375. The van der Waals surface area contributed by atoms with E-state index >= 15 is 0 Å². The van der Waals surface area contributed by atoms with E-state index in [1.807, 2.05) is 13.8 Å². The van der Waals surface area contributed by atoms with Crippen LogP contribution in [0.3, 0.4) is 0 Å². The summed E-state index contributed by atoms with van der Waals surface area (Å²) in [5.41, 5.74) is 2.65. The maximum Gasteiger partial charge on any atom is 0.363 e. The molecule has 0 atom stereocenters. The van der Waals surface area contributed by atoms with Crippen LogP contribution < -0.4 is 0 Å². The average molecular weight is 166 g/mol. The minimum atomic E-state index is -0.473. The molecule has 0 radical (unpaired) electrons. The van der Waals surface area contributed by atoms with Gasteiger partial charge in [0.25, 0.3) is 0 Å². The van der Waals surface area contributed by atoms with Crippen LogP contribution in [0.25, 0.3) is 0 Å². The molecule has 0 saturated carbocycles. The van der Waals surface area contributed by atoms with Gasteiger partial charge in [0.05, 0.1) is 0 Å². The molecule has 0 aromatic carbocycles. The van der Waals surface area contributed by atoms with Gasteiger partial charge in [-0.3, -0.25) is 0 Å². The highest BCUT2D eigenvalue weighted by Gasteiger charge is 2.11. The Morgan fingerprint density at radius 1 is 1.42 bits per heavy atom. The Hall–Kier alpha value is -1.45. The number of nitro groups is 1. The molecule has 1 aromatic heterocycles. The average Bonchev–Trinajstić information content (AvgIpc) is 1.99. The van der Waals surface area contributed by atoms with Crippen molar-refractivity contribution in [1.82, 2.24) is 4.98 Å². The van der Waals surface area contributed by atoms with E-state index in [1.54, 1.807) is 6.92 Å². The lowest BCUT2D eigenvalue weighted by molar-refractivity contribution is -0.389. The van der Waals surface area contributed by atoms with E-state index in [-0.39, 0.29) is 5.82 Å². The van der Waals surface area contributed by atoms with Crippen molar-refractivity contribution in [1.29, 1.82) is 0 Å². The zero-order valence-electron chi connectivity index (χ0n) is 7.29. The lowest BCUT2D eigenvalue weighted by Gasteiger charge is -1.99. The highest BCUT2D eigenvalue weighted by Crippen LogP contribution is 2.16. The van der Waals surface area contributed by atoms with Crippen LogP contribution in [0.4, 0.5) is 5.82 Å². The molecule has 0 spiro atoms. The largest absolute Gasteiger partial charge is 0.363 e. The molecule has 1 heterocycles. The first kappa shape index (κ1) is 8.64. The molecule has 0 fully saturated rings. The molecule has 0 aliphatic heterocycles. The normalized spacial score (nSPS) is 9.92. The molecule has 0 saturated heterocycles. The molecule has 4 heteroatoms. The van der Waals surface area contributed by atoms with E-state index in [2.05, 4.69) is 4.98 Å². The smallest absolute Gasteiger partial charge is 0.358 e. The third-order valence-electron chi connectivity index (χ3n) is 1.95. The number of hydrogen-bond donors (Lipinski definition) is 0. The summed E-state index contributed by atoms with van der Waals surface area (Å²) in [7, 11) is 0. The minimum absolute atomic E-state index is 0.0735. The first-order chi connectivity index (χ1) is 5.52. The molecule has 12 heavy (non-hydrogen) atoms. The lowest BCUT2D eigenvalue weighted by atomic mass is 10.1. The van der Waals surface area contributed by atoms with Crippen molar-refractivity contribution in [3.63, 3.8) is 0 Å². The van der Waals surface area contributed by atoms with Crippen molar-refractivity contribution < 1.29 is 4.92 Å². The van der Waals surface area contributed by atoms with E-state index in [0.717, 1.165) is 16.8 Å². The van der Waals surface area contributed by atoms with Crippen LogP contribution in [0, 0.1) is 30.9 Å². The lowest BCUT2D eigenvalue weighted by Crippen LogP contribution is -1.97. The summed E-state index contributed by atoms with van der Waals surface area (Å²) in [5, 5.41) is 10.4. The molecule has 0 unspecified atom stereocenters. The Morgan fingerprint density at radius 3 is 2.42 bits per heavy atom.